The highest BCUT2D eigenvalue weighted by atomic mass is 16.3. The lowest BCUT2D eigenvalue weighted by atomic mass is 10.0. The summed E-state index contributed by atoms with van der Waals surface area (Å²) >= 11 is 0. The molecule has 24 heavy (non-hydrogen) atoms. The van der Waals surface area contributed by atoms with E-state index in [0.717, 1.165) is 11.6 Å². The highest BCUT2D eigenvalue weighted by Gasteiger charge is 2.37. The number of amides is 1. The first-order valence-electron chi connectivity index (χ1n) is 7.74. The summed E-state index contributed by atoms with van der Waals surface area (Å²) in [5.74, 6) is 1.23. The summed E-state index contributed by atoms with van der Waals surface area (Å²) in [6.07, 6.45) is 3.61. The van der Waals surface area contributed by atoms with E-state index in [-0.39, 0.29) is 12.5 Å². The van der Waals surface area contributed by atoms with Crippen LogP contribution in [0.4, 0.5) is 11.6 Å². The van der Waals surface area contributed by atoms with Gasteiger partial charge in [0.1, 0.15) is 29.3 Å². The van der Waals surface area contributed by atoms with Crippen LogP contribution in [0.1, 0.15) is 16.9 Å². The van der Waals surface area contributed by atoms with Gasteiger partial charge in [-0.25, -0.2) is 9.97 Å². The van der Waals surface area contributed by atoms with Crippen molar-refractivity contribution in [2.24, 2.45) is 7.05 Å². The maximum absolute atomic E-state index is 12.1. The lowest BCUT2D eigenvalue weighted by Crippen LogP contribution is -2.45. The minimum atomic E-state index is -0.987. The molecular formula is C15H21N7O2. The van der Waals surface area contributed by atoms with Crippen molar-refractivity contribution in [3.63, 3.8) is 0 Å². The Kier molecular flexibility index (Phi) is 4.34. The normalized spacial score (nSPS) is 20.2. The van der Waals surface area contributed by atoms with E-state index in [1.165, 1.54) is 11.0 Å². The lowest BCUT2D eigenvalue weighted by Gasteiger charge is -2.24. The fraction of sp³-hybridized carbons (Fsp3) is 0.467. The number of aromatic nitrogens is 4. The molecule has 1 saturated heterocycles. The largest absolute Gasteiger partial charge is 0.386 e. The Balaban J connectivity index is 1.61. The molecule has 1 fully saturated rings. The van der Waals surface area contributed by atoms with E-state index in [4.69, 9.17) is 0 Å². The Morgan fingerprint density at radius 2 is 2.29 bits per heavy atom. The SMILES string of the molecule is CNc1cc(N2CC[C@](O)(CNC(=O)c3ccnn3C)C2)ncn1. The summed E-state index contributed by atoms with van der Waals surface area (Å²) in [5.41, 5.74) is -0.526. The first-order chi connectivity index (χ1) is 11.5. The van der Waals surface area contributed by atoms with Crippen LogP contribution < -0.4 is 15.5 Å². The van der Waals surface area contributed by atoms with Gasteiger partial charge in [0.05, 0.1) is 0 Å². The summed E-state index contributed by atoms with van der Waals surface area (Å²) in [6, 6.07) is 3.47. The molecule has 1 aliphatic rings. The topological polar surface area (TPSA) is 108 Å². The molecule has 0 aromatic carbocycles. The van der Waals surface area contributed by atoms with Crippen molar-refractivity contribution in [1.29, 1.82) is 0 Å². The zero-order chi connectivity index (χ0) is 17.2. The molecule has 1 amide bonds. The third-order valence-electron chi connectivity index (χ3n) is 4.20. The number of anilines is 2. The summed E-state index contributed by atoms with van der Waals surface area (Å²) < 4.78 is 1.50. The molecule has 1 aliphatic heterocycles. The van der Waals surface area contributed by atoms with Crippen molar-refractivity contribution in [1.82, 2.24) is 25.1 Å². The summed E-state index contributed by atoms with van der Waals surface area (Å²) in [5, 5.41) is 20.4. The predicted octanol–water partition coefficient (Wildman–Crippen LogP) is -0.377. The van der Waals surface area contributed by atoms with E-state index < -0.39 is 5.60 Å². The number of aryl methyl sites for hydroxylation is 1. The van der Waals surface area contributed by atoms with Gasteiger partial charge in [-0.05, 0) is 12.5 Å². The lowest BCUT2D eigenvalue weighted by molar-refractivity contribution is 0.0572. The van der Waals surface area contributed by atoms with Crippen molar-refractivity contribution in [2.75, 3.05) is 36.9 Å². The van der Waals surface area contributed by atoms with Gasteiger partial charge in [-0.1, -0.05) is 0 Å². The number of carbonyl (C=O) groups is 1. The molecule has 1 atom stereocenters. The van der Waals surface area contributed by atoms with Gasteiger partial charge in [-0.15, -0.1) is 0 Å². The van der Waals surface area contributed by atoms with Crippen molar-refractivity contribution in [2.45, 2.75) is 12.0 Å². The number of rotatable bonds is 5. The highest BCUT2D eigenvalue weighted by Crippen LogP contribution is 2.25. The molecule has 3 rings (SSSR count). The molecule has 0 saturated carbocycles. The van der Waals surface area contributed by atoms with Crippen LogP contribution >= 0.6 is 0 Å². The van der Waals surface area contributed by atoms with E-state index in [9.17, 15) is 9.90 Å². The van der Waals surface area contributed by atoms with Gasteiger partial charge in [-0.2, -0.15) is 5.10 Å². The standard InChI is InChI=1S/C15H21N7O2/c1-16-12-7-13(19-10-18-12)22-6-4-15(24,9-22)8-17-14(23)11-3-5-20-21(11)2/h3,5,7,10,24H,4,6,8-9H2,1-2H3,(H,17,23)(H,16,18,19)/t15-/m0/s1. The van der Waals surface area contributed by atoms with Crippen molar-refractivity contribution in [3.05, 3.63) is 30.4 Å². The summed E-state index contributed by atoms with van der Waals surface area (Å²) in [4.78, 5) is 22.5. The van der Waals surface area contributed by atoms with Gasteiger partial charge in [0.15, 0.2) is 0 Å². The zero-order valence-corrected chi connectivity index (χ0v) is 13.7. The van der Waals surface area contributed by atoms with Crippen molar-refractivity contribution >= 4 is 17.5 Å². The molecule has 9 nitrogen and oxygen atoms in total. The third-order valence-corrected chi connectivity index (χ3v) is 4.20. The molecule has 2 aromatic heterocycles. The van der Waals surface area contributed by atoms with E-state index in [1.54, 1.807) is 26.4 Å². The minimum absolute atomic E-state index is 0.178. The molecule has 128 valence electrons. The van der Waals surface area contributed by atoms with Gasteiger partial charge in [0.25, 0.3) is 5.91 Å². The number of carbonyl (C=O) groups excluding carboxylic acids is 1. The fourth-order valence-electron chi connectivity index (χ4n) is 2.79. The highest BCUT2D eigenvalue weighted by molar-refractivity contribution is 5.92. The number of β-amino-alcohol motifs (C(OH)–C–C–N with tert-alkyl or cyclic N) is 1. The number of hydrogen-bond donors (Lipinski definition) is 3. The van der Waals surface area contributed by atoms with Crippen LogP contribution in [0.2, 0.25) is 0 Å². The van der Waals surface area contributed by atoms with Crippen LogP contribution in [-0.4, -0.2) is 63.0 Å². The average Bonchev–Trinajstić information content (AvgIpc) is 3.19. The molecule has 0 spiro atoms. The van der Waals surface area contributed by atoms with E-state index in [0.29, 0.717) is 25.2 Å². The molecule has 3 N–H and O–H groups in total. The van der Waals surface area contributed by atoms with Gasteiger partial charge in [0.2, 0.25) is 0 Å². The molecule has 3 heterocycles. The van der Waals surface area contributed by atoms with E-state index in [1.807, 2.05) is 11.0 Å². The Morgan fingerprint density at radius 1 is 1.46 bits per heavy atom. The van der Waals surface area contributed by atoms with Gasteiger partial charge in [0, 0.05) is 46.0 Å². The smallest absolute Gasteiger partial charge is 0.269 e. The Hall–Kier alpha value is -2.68. The predicted molar refractivity (Wildman–Crippen MR) is 88.9 cm³/mol. The van der Waals surface area contributed by atoms with Crippen molar-refractivity contribution < 1.29 is 9.90 Å². The Labute approximate surface area is 139 Å². The fourth-order valence-corrected chi connectivity index (χ4v) is 2.79. The summed E-state index contributed by atoms with van der Waals surface area (Å²) in [7, 11) is 3.50. The minimum Gasteiger partial charge on any atom is -0.386 e. The molecular weight excluding hydrogens is 310 g/mol. The molecule has 0 unspecified atom stereocenters. The van der Waals surface area contributed by atoms with Gasteiger partial charge >= 0.3 is 0 Å². The van der Waals surface area contributed by atoms with Gasteiger partial charge < -0.3 is 20.6 Å². The molecule has 0 bridgehead atoms. The molecule has 0 radical (unpaired) electrons. The van der Waals surface area contributed by atoms with Crippen LogP contribution in [0, 0.1) is 0 Å². The molecule has 9 heteroatoms. The quantitative estimate of drug-likeness (QED) is 0.685. The number of hydrogen-bond acceptors (Lipinski definition) is 7. The maximum atomic E-state index is 12.1. The third kappa shape index (κ3) is 3.30. The maximum Gasteiger partial charge on any atom is 0.269 e. The van der Waals surface area contributed by atoms with Crippen molar-refractivity contribution in [3.8, 4) is 0 Å². The monoisotopic (exact) mass is 331 g/mol. The van der Waals surface area contributed by atoms with Crippen LogP contribution in [0.15, 0.2) is 24.7 Å². The second-order valence-electron chi connectivity index (χ2n) is 5.93. The van der Waals surface area contributed by atoms with E-state index >= 15 is 0 Å². The second kappa shape index (κ2) is 6.44. The average molecular weight is 331 g/mol. The van der Waals surface area contributed by atoms with Crippen LogP contribution in [0.5, 0.6) is 0 Å². The molecule has 2 aromatic rings. The number of aliphatic hydroxyl groups is 1. The Morgan fingerprint density at radius 3 is 3.00 bits per heavy atom. The number of nitrogens with one attached hydrogen (secondary N) is 2. The summed E-state index contributed by atoms with van der Waals surface area (Å²) in [6.45, 7) is 1.24. The number of nitrogens with zero attached hydrogens (tertiary/aromatic N) is 5. The molecule has 0 aliphatic carbocycles. The Bertz CT molecular complexity index is 732. The van der Waals surface area contributed by atoms with Gasteiger partial charge in [-0.3, -0.25) is 9.48 Å². The van der Waals surface area contributed by atoms with Crippen LogP contribution in [0.25, 0.3) is 0 Å². The van der Waals surface area contributed by atoms with E-state index in [2.05, 4.69) is 25.7 Å². The first kappa shape index (κ1) is 16.2. The zero-order valence-electron chi connectivity index (χ0n) is 13.7. The van der Waals surface area contributed by atoms with Crippen LogP contribution in [0.3, 0.4) is 0 Å². The first-order valence-corrected chi connectivity index (χ1v) is 7.74. The second-order valence-corrected chi connectivity index (χ2v) is 5.93. The van der Waals surface area contributed by atoms with Crippen LogP contribution in [-0.2, 0) is 7.05 Å².